The Balaban J connectivity index is 0.000000178. The van der Waals surface area contributed by atoms with E-state index in [4.69, 9.17) is 5.11 Å². The van der Waals surface area contributed by atoms with Crippen LogP contribution < -0.4 is 0 Å². The third-order valence-corrected chi connectivity index (χ3v) is 3.64. The Labute approximate surface area is 123 Å². The van der Waals surface area contributed by atoms with E-state index in [-0.39, 0.29) is 0 Å². The summed E-state index contributed by atoms with van der Waals surface area (Å²) in [6, 6.07) is 29.7. The third kappa shape index (κ3) is 5.21. The minimum Gasteiger partial charge on any atom is -0.508 e. The van der Waals surface area contributed by atoms with Gasteiger partial charge in [0.2, 0.25) is 0 Å². The zero-order valence-corrected chi connectivity index (χ0v) is 11.9. The smallest absolute Gasteiger partial charge is 0.158 e. The second-order valence-electron chi connectivity index (χ2n) is 4.12. The molecule has 0 aliphatic heterocycles. The molecule has 1 N–H and O–H groups in total. The van der Waals surface area contributed by atoms with Crippen LogP contribution in [0.2, 0.25) is 0 Å². The molecule has 0 aromatic heterocycles. The highest BCUT2D eigenvalue weighted by atomic mass is 32.2. The molecule has 3 aromatic carbocycles. The topological polar surface area (TPSA) is 20.2 Å². The van der Waals surface area contributed by atoms with Gasteiger partial charge in [0.1, 0.15) is 5.75 Å². The van der Waals surface area contributed by atoms with Crippen molar-refractivity contribution in [1.82, 2.24) is 0 Å². The first-order valence-corrected chi connectivity index (χ1v) is 7.30. The van der Waals surface area contributed by atoms with Crippen molar-refractivity contribution in [2.24, 2.45) is 0 Å². The van der Waals surface area contributed by atoms with Crippen molar-refractivity contribution in [2.75, 3.05) is 0 Å². The first-order valence-electron chi connectivity index (χ1n) is 6.40. The molecule has 0 bridgehead atoms. The van der Waals surface area contributed by atoms with E-state index in [9.17, 15) is 0 Å². The van der Waals surface area contributed by atoms with E-state index in [1.54, 1.807) is 24.3 Å². The van der Waals surface area contributed by atoms with Crippen LogP contribution in [0, 0.1) is 0 Å². The Bertz CT molecular complexity index is 557. The molecule has 0 heterocycles. The number of thiol groups is 1. The SMILES string of the molecule is Oc1ccccc1.c1ccc([SH+]c2ccccc2)cc1. The summed E-state index contributed by atoms with van der Waals surface area (Å²) in [5, 5.41) is 8.63. The van der Waals surface area contributed by atoms with E-state index in [0.717, 1.165) is 0 Å². The van der Waals surface area contributed by atoms with Crippen LogP contribution >= 0.6 is 0 Å². The van der Waals surface area contributed by atoms with Crippen LogP contribution in [0.4, 0.5) is 0 Å². The molecule has 0 saturated carbocycles. The Hall–Kier alpha value is -2.19. The number of phenolic OH excluding ortho intramolecular Hbond substituents is 1. The minimum absolute atomic E-state index is 0.322. The molecule has 0 spiro atoms. The quantitative estimate of drug-likeness (QED) is 0.548. The molecule has 3 aromatic rings. The van der Waals surface area contributed by atoms with Crippen molar-refractivity contribution in [2.45, 2.75) is 9.79 Å². The molecule has 2 heteroatoms. The van der Waals surface area contributed by atoms with E-state index in [1.807, 2.05) is 18.2 Å². The Morgan fingerprint density at radius 2 is 0.850 bits per heavy atom. The van der Waals surface area contributed by atoms with E-state index in [1.165, 1.54) is 21.6 Å². The highest BCUT2D eigenvalue weighted by molar-refractivity contribution is 7.78. The summed E-state index contributed by atoms with van der Waals surface area (Å²) >= 11 is 1.28. The highest BCUT2D eigenvalue weighted by Crippen LogP contribution is 2.10. The van der Waals surface area contributed by atoms with E-state index >= 15 is 0 Å². The van der Waals surface area contributed by atoms with Gasteiger partial charge in [0, 0.05) is 11.8 Å². The zero-order chi connectivity index (χ0) is 14.0. The predicted octanol–water partition coefficient (Wildman–Crippen LogP) is 4.31. The van der Waals surface area contributed by atoms with E-state index in [2.05, 4.69) is 48.5 Å². The molecule has 100 valence electrons. The maximum atomic E-state index is 8.63. The lowest BCUT2D eigenvalue weighted by Gasteiger charge is -1.90. The van der Waals surface area contributed by atoms with Crippen molar-refractivity contribution < 1.29 is 5.11 Å². The highest BCUT2D eigenvalue weighted by Gasteiger charge is 2.03. The average molecular weight is 281 g/mol. The van der Waals surface area contributed by atoms with Crippen molar-refractivity contribution in [3.8, 4) is 5.75 Å². The molecule has 0 aliphatic carbocycles. The molecule has 0 aliphatic rings. The number of hydrogen-bond donors (Lipinski definition) is 1. The zero-order valence-electron chi connectivity index (χ0n) is 11.1. The van der Waals surface area contributed by atoms with Crippen LogP contribution in [0.5, 0.6) is 5.75 Å². The van der Waals surface area contributed by atoms with Crippen LogP contribution in [-0.4, -0.2) is 5.11 Å². The normalized spacial score (nSPS) is 9.40. The van der Waals surface area contributed by atoms with Gasteiger partial charge in [0.25, 0.3) is 0 Å². The lowest BCUT2D eigenvalue weighted by Crippen LogP contribution is -1.82. The van der Waals surface area contributed by atoms with Gasteiger partial charge in [-0.2, -0.15) is 0 Å². The Kier molecular flexibility index (Phi) is 5.74. The molecule has 0 unspecified atom stereocenters. The van der Waals surface area contributed by atoms with Gasteiger partial charge in [-0.3, -0.25) is 0 Å². The van der Waals surface area contributed by atoms with Crippen molar-refractivity contribution in [3.63, 3.8) is 0 Å². The van der Waals surface area contributed by atoms with E-state index < -0.39 is 0 Å². The second-order valence-corrected chi connectivity index (χ2v) is 5.37. The van der Waals surface area contributed by atoms with Crippen molar-refractivity contribution in [1.29, 1.82) is 0 Å². The van der Waals surface area contributed by atoms with Gasteiger partial charge >= 0.3 is 0 Å². The summed E-state index contributed by atoms with van der Waals surface area (Å²) < 4.78 is 0. The molecule has 1 nitrogen and oxygen atoms in total. The van der Waals surface area contributed by atoms with Gasteiger partial charge in [0.15, 0.2) is 9.79 Å². The fourth-order valence-electron chi connectivity index (χ4n) is 1.58. The standard InChI is InChI=1S/C12H10S.C6H6O/c1-3-7-11(8-4-1)13-12-9-5-2-6-10-12;7-6-4-2-1-3-5-6/h1-10H;1-5,7H/p+1. The summed E-state index contributed by atoms with van der Waals surface area (Å²) in [5.41, 5.74) is 0. The number of benzene rings is 3. The number of rotatable bonds is 2. The number of hydrogen-bond acceptors (Lipinski definition) is 1. The summed E-state index contributed by atoms with van der Waals surface area (Å²) in [7, 11) is 0. The number of phenols is 1. The minimum atomic E-state index is 0.322. The lowest BCUT2D eigenvalue weighted by atomic mass is 10.3. The van der Waals surface area contributed by atoms with Crippen molar-refractivity contribution >= 4 is 11.8 Å². The largest absolute Gasteiger partial charge is 0.508 e. The molecule has 0 amide bonds. The molecule has 0 atom stereocenters. The van der Waals surface area contributed by atoms with E-state index in [0.29, 0.717) is 5.75 Å². The monoisotopic (exact) mass is 281 g/mol. The summed E-state index contributed by atoms with van der Waals surface area (Å²) in [6.45, 7) is 0. The second kappa shape index (κ2) is 8.08. The summed E-state index contributed by atoms with van der Waals surface area (Å²) in [6.07, 6.45) is 0. The number of aromatic hydroxyl groups is 1. The predicted molar refractivity (Wildman–Crippen MR) is 86.3 cm³/mol. The maximum absolute atomic E-state index is 8.63. The van der Waals surface area contributed by atoms with Crippen molar-refractivity contribution in [3.05, 3.63) is 91.0 Å². The van der Waals surface area contributed by atoms with Crippen LogP contribution in [0.25, 0.3) is 0 Å². The molecule has 0 fully saturated rings. The Morgan fingerprint density at radius 3 is 1.15 bits per heavy atom. The first-order chi connectivity index (χ1) is 9.84. The van der Waals surface area contributed by atoms with Gasteiger partial charge in [0.05, 0.1) is 0 Å². The van der Waals surface area contributed by atoms with Crippen LogP contribution in [0.15, 0.2) is 101 Å². The van der Waals surface area contributed by atoms with Gasteiger partial charge in [-0.05, 0) is 36.4 Å². The van der Waals surface area contributed by atoms with Crippen LogP contribution in [0.3, 0.4) is 0 Å². The van der Waals surface area contributed by atoms with Gasteiger partial charge in [-0.25, -0.2) is 0 Å². The fraction of sp³-hybridized carbons (Fsp3) is 0. The fourth-order valence-corrected chi connectivity index (χ4v) is 2.52. The van der Waals surface area contributed by atoms with Gasteiger partial charge in [-0.15, -0.1) is 0 Å². The van der Waals surface area contributed by atoms with Gasteiger partial charge < -0.3 is 5.11 Å². The molecular weight excluding hydrogens is 264 g/mol. The Morgan fingerprint density at radius 1 is 0.500 bits per heavy atom. The summed E-state index contributed by atoms with van der Waals surface area (Å²) in [4.78, 5) is 2.68. The molecular formula is C18H17OS+. The molecule has 0 radical (unpaired) electrons. The molecule has 20 heavy (non-hydrogen) atoms. The maximum Gasteiger partial charge on any atom is 0.158 e. The molecule has 3 rings (SSSR count). The van der Waals surface area contributed by atoms with Gasteiger partial charge in [-0.1, -0.05) is 54.6 Å². The number of para-hydroxylation sites is 1. The third-order valence-electron chi connectivity index (χ3n) is 2.53. The van der Waals surface area contributed by atoms with Crippen LogP contribution in [-0.2, 0) is 11.8 Å². The molecule has 0 saturated heterocycles. The first kappa shape index (κ1) is 14.2. The van der Waals surface area contributed by atoms with Crippen LogP contribution in [0.1, 0.15) is 0 Å². The lowest BCUT2D eigenvalue weighted by molar-refractivity contribution is 0.475. The average Bonchev–Trinajstić information content (AvgIpc) is 2.51. The summed E-state index contributed by atoms with van der Waals surface area (Å²) in [5.74, 6) is 0.322.